The lowest BCUT2D eigenvalue weighted by molar-refractivity contribution is -0.131. The number of hydrogen-bond acceptors (Lipinski definition) is 4. The molecule has 2 N–H and O–H groups in total. The Labute approximate surface area is 133 Å². The van der Waals surface area contributed by atoms with Crippen LogP contribution in [0.25, 0.3) is 0 Å². The van der Waals surface area contributed by atoms with E-state index < -0.39 is 11.2 Å². The standard InChI is InChI=1S/C15H21N5O3/c1-8-13(9(2)18-17-8)10(3)19(4)12(21)6-11-7-16-15(23)20(5)14(11)22/h7,10H,6H2,1-5H3,(H,16,23)(H,17,18)/t10-/m1/s1. The average molecular weight is 319 g/mol. The third-order valence-corrected chi connectivity index (χ3v) is 4.17. The predicted octanol–water partition coefficient (Wildman–Crippen LogP) is 0.176. The van der Waals surface area contributed by atoms with Gasteiger partial charge >= 0.3 is 5.69 Å². The van der Waals surface area contributed by atoms with Gasteiger partial charge in [0.05, 0.1) is 18.2 Å². The van der Waals surface area contributed by atoms with Crippen molar-refractivity contribution < 1.29 is 4.79 Å². The number of nitrogens with zero attached hydrogens (tertiary/aromatic N) is 3. The summed E-state index contributed by atoms with van der Waals surface area (Å²) in [5.74, 6) is -0.207. The van der Waals surface area contributed by atoms with Crippen LogP contribution in [-0.2, 0) is 18.3 Å². The number of carbonyl (C=O) groups is 1. The zero-order valence-electron chi connectivity index (χ0n) is 13.9. The van der Waals surface area contributed by atoms with E-state index in [9.17, 15) is 14.4 Å². The lowest BCUT2D eigenvalue weighted by Gasteiger charge is -2.25. The zero-order valence-corrected chi connectivity index (χ0v) is 13.9. The number of hydrogen-bond donors (Lipinski definition) is 2. The van der Waals surface area contributed by atoms with Crippen LogP contribution < -0.4 is 11.2 Å². The van der Waals surface area contributed by atoms with Crippen LogP contribution in [0.4, 0.5) is 0 Å². The molecule has 2 aromatic heterocycles. The fourth-order valence-corrected chi connectivity index (χ4v) is 2.61. The number of nitrogens with one attached hydrogen (secondary N) is 2. The number of rotatable bonds is 4. The van der Waals surface area contributed by atoms with Crippen molar-refractivity contribution in [2.45, 2.75) is 33.2 Å². The molecule has 2 aromatic rings. The number of likely N-dealkylation sites (N-methyl/N-ethyl adjacent to an activating group) is 1. The first-order valence-corrected chi connectivity index (χ1v) is 7.28. The molecule has 8 nitrogen and oxygen atoms in total. The molecule has 0 bridgehead atoms. The molecular weight excluding hydrogens is 298 g/mol. The molecule has 0 radical (unpaired) electrons. The van der Waals surface area contributed by atoms with Crippen molar-refractivity contribution in [1.29, 1.82) is 0 Å². The van der Waals surface area contributed by atoms with Crippen molar-refractivity contribution in [2.75, 3.05) is 7.05 Å². The molecule has 8 heteroatoms. The van der Waals surface area contributed by atoms with Crippen molar-refractivity contribution in [2.24, 2.45) is 7.05 Å². The van der Waals surface area contributed by atoms with Crippen LogP contribution in [0.3, 0.4) is 0 Å². The van der Waals surface area contributed by atoms with Crippen LogP contribution in [0.2, 0.25) is 0 Å². The highest BCUT2D eigenvalue weighted by molar-refractivity contribution is 5.78. The van der Waals surface area contributed by atoms with E-state index in [-0.39, 0.29) is 23.9 Å². The van der Waals surface area contributed by atoms with Crippen LogP contribution in [0, 0.1) is 13.8 Å². The SMILES string of the molecule is Cc1n[nH]c(C)c1[C@@H](C)N(C)C(=O)Cc1c[nH]c(=O)n(C)c1=O. The normalized spacial score (nSPS) is 12.2. The molecular formula is C15H21N5O3. The maximum Gasteiger partial charge on any atom is 0.328 e. The molecule has 0 saturated carbocycles. The first-order chi connectivity index (χ1) is 10.7. The molecule has 0 aliphatic rings. The summed E-state index contributed by atoms with van der Waals surface area (Å²) in [5, 5.41) is 7.05. The van der Waals surface area contributed by atoms with Crippen molar-refractivity contribution in [3.63, 3.8) is 0 Å². The van der Waals surface area contributed by atoms with Gasteiger partial charge in [-0.15, -0.1) is 0 Å². The summed E-state index contributed by atoms with van der Waals surface area (Å²) < 4.78 is 0.955. The summed E-state index contributed by atoms with van der Waals surface area (Å²) in [6, 6.07) is -0.173. The van der Waals surface area contributed by atoms with Gasteiger partial charge in [0.2, 0.25) is 5.91 Å². The number of H-pyrrole nitrogens is 2. The van der Waals surface area contributed by atoms with E-state index in [1.165, 1.54) is 13.2 Å². The Morgan fingerprint density at radius 2 is 2.04 bits per heavy atom. The van der Waals surface area contributed by atoms with Gasteiger partial charge in [0.1, 0.15) is 0 Å². The Kier molecular flexibility index (Phi) is 4.53. The molecule has 2 heterocycles. The number of aryl methyl sites for hydroxylation is 2. The summed E-state index contributed by atoms with van der Waals surface area (Å²) in [6.45, 7) is 5.70. The molecule has 23 heavy (non-hydrogen) atoms. The van der Waals surface area contributed by atoms with Crippen molar-refractivity contribution >= 4 is 5.91 Å². The largest absolute Gasteiger partial charge is 0.339 e. The molecule has 0 aliphatic heterocycles. The Balaban J connectivity index is 2.23. The van der Waals surface area contributed by atoms with Gasteiger partial charge in [-0.2, -0.15) is 5.10 Å². The third-order valence-electron chi connectivity index (χ3n) is 4.17. The minimum atomic E-state index is -0.502. The maximum absolute atomic E-state index is 12.5. The van der Waals surface area contributed by atoms with Crippen molar-refractivity contribution in [3.05, 3.63) is 49.5 Å². The predicted molar refractivity (Wildman–Crippen MR) is 85.3 cm³/mol. The summed E-state index contributed by atoms with van der Waals surface area (Å²) in [7, 11) is 3.06. The molecule has 0 spiro atoms. The second-order valence-corrected chi connectivity index (χ2v) is 5.69. The zero-order chi connectivity index (χ0) is 17.3. The number of aromatic nitrogens is 4. The van der Waals surface area contributed by atoms with Crippen molar-refractivity contribution in [3.8, 4) is 0 Å². The lowest BCUT2D eigenvalue weighted by Crippen LogP contribution is -2.37. The van der Waals surface area contributed by atoms with Gasteiger partial charge in [0.15, 0.2) is 0 Å². The van der Waals surface area contributed by atoms with Gasteiger partial charge in [-0.3, -0.25) is 19.3 Å². The number of aromatic amines is 2. The smallest absolute Gasteiger partial charge is 0.328 e. The maximum atomic E-state index is 12.5. The highest BCUT2D eigenvalue weighted by Gasteiger charge is 2.23. The molecule has 1 amide bonds. The Morgan fingerprint density at radius 3 is 2.61 bits per heavy atom. The fraction of sp³-hybridized carbons (Fsp3) is 0.467. The molecule has 0 aliphatic carbocycles. The molecule has 0 aromatic carbocycles. The summed E-state index contributed by atoms with van der Waals surface area (Å²) >= 11 is 0. The minimum Gasteiger partial charge on any atom is -0.339 e. The topological polar surface area (TPSA) is 104 Å². The molecule has 0 fully saturated rings. The number of amides is 1. The van der Waals surface area contributed by atoms with Gasteiger partial charge in [-0.1, -0.05) is 0 Å². The quantitative estimate of drug-likeness (QED) is 0.838. The first kappa shape index (κ1) is 16.7. The van der Waals surface area contributed by atoms with E-state index in [0.29, 0.717) is 0 Å². The third kappa shape index (κ3) is 3.10. The van der Waals surface area contributed by atoms with E-state index >= 15 is 0 Å². The van der Waals surface area contributed by atoms with Gasteiger partial charge in [0.25, 0.3) is 5.56 Å². The lowest BCUT2D eigenvalue weighted by atomic mass is 10.0. The van der Waals surface area contributed by atoms with E-state index in [4.69, 9.17) is 0 Å². The van der Waals surface area contributed by atoms with E-state index in [1.807, 2.05) is 20.8 Å². The second-order valence-electron chi connectivity index (χ2n) is 5.69. The summed E-state index contributed by atoms with van der Waals surface area (Å²) in [5.41, 5.74) is 2.02. The van der Waals surface area contributed by atoms with E-state index in [1.54, 1.807) is 11.9 Å². The highest BCUT2D eigenvalue weighted by atomic mass is 16.2. The second kappa shape index (κ2) is 6.23. The highest BCUT2D eigenvalue weighted by Crippen LogP contribution is 2.24. The molecule has 0 saturated heterocycles. The first-order valence-electron chi connectivity index (χ1n) is 7.28. The van der Waals surface area contributed by atoms with Gasteiger partial charge < -0.3 is 9.88 Å². The molecule has 1 atom stereocenters. The van der Waals surface area contributed by atoms with Gasteiger partial charge in [0, 0.05) is 37.1 Å². The molecule has 124 valence electrons. The number of carbonyl (C=O) groups excluding carboxylic acids is 1. The van der Waals surface area contributed by atoms with Crippen molar-refractivity contribution in [1.82, 2.24) is 24.6 Å². The van der Waals surface area contributed by atoms with E-state index in [2.05, 4.69) is 15.2 Å². The average Bonchev–Trinajstić information content (AvgIpc) is 2.85. The Hall–Kier alpha value is -2.64. The van der Waals surface area contributed by atoms with Crippen LogP contribution in [0.5, 0.6) is 0 Å². The monoisotopic (exact) mass is 319 g/mol. The van der Waals surface area contributed by atoms with Crippen LogP contribution >= 0.6 is 0 Å². The molecule has 2 rings (SSSR count). The van der Waals surface area contributed by atoms with Crippen LogP contribution in [-0.4, -0.2) is 37.6 Å². The Bertz CT molecular complexity index is 826. The Morgan fingerprint density at radius 1 is 1.39 bits per heavy atom. The summed E-state index contributed by atoms with van der Waals surface area (Å²) in [6.07, 6.45) is 1.23. The molecule has 0 unspecified atom stereocenters. The van der Waals surface area contributed by atoms with Gasteiger partial charge in [-0.05, 0) is 20.8 Å². The fourth-order valence-electron chi connectivity index (χ4n) is 2.61. The van der Waals surface area contributed by atoms with Crippen LogP contribution in [0.15, 0.2) is 15.8 Å². The van der Waals surface area contributed by atoms with Crippen LogP contribution in [0.1, 0.15) is 35.5 Å². The van der Waals surface area contributed by atoms with Gasteiger partial charge in [-0.25, -0.2) is 4.79 Å². The van der Waals surface area contributed by atoms with E-state index in [0.717, 1.165) is 21.5 Å². The minimum absolute atomic E-state index is 0.0692. The summed E-state index contributed by atoms with van der Waals surface area (Å²) in [4.78, 5) is 39.9.